The highest BCUT2D eigenvalue weighted by molar-refractivity contribution is 7.16. The average molecular weight is 347 g/mol. The van der Waals surface area contributed by atoms with Crippen molar-refractivity contribution >= 4 is 22.2 Å². The van der Waals surface area contributed by atoms with Gasteiger partial charge in [-0.15, -0.1) is 11.3 Å². The molecule has 1 aromatic heterocycles. The molecule has 1 aliphatic carbocycles. The first kappa shape index (κ1) is 17.4. The lowest BCUT2D eigenvalue weighted by atomic mass is 9.94. The average Bonchev–Trinajstić information content (AvgIpc) is 3.15. The number of aryl methyl sites for hydroxylation is 1. The number of nitrogens with one attached hydrogen (secondary N) is 1. The summed E-state index contributed by atoms with van der Waals surface area (Å²) in [5.74, 6) is -0.0849. The molecule has 3 rings (SSSR count). The topological polar surface area (TPSA) is 76.4 Å². The summed E-state index contributed by atoms with van der Waals surface area (Å²) in [7, 11) is 0. The maximum Gasteiger partial charge on any atom is 0.239 e. The van der Waals surface area contributed by atoms with E-state index in [9.17, 15) is 15.2 Å². The molecule has 6 heteroatoms. The van der Waals surface area contributed by atoms with Crippen molar-refractivity contribution in [3.05, 3.63) is 16.0 Å². The Morgan fingerprint density at radius 1 is 1.42 bits per heavy atom. The minimum Gasteiger partial charge on any atom is -0.394 e. The van der Waals surface area contributed by atoms with Gasteiger partial charge in [0.1, 0.15) is 11.1 Å². The quantitative estimate of drug-likeness (QED) is 0.858. The second-order valence-electron chi connectivity index (χ2n) is 6.84. The predicted molar refractivity (Wildman–Crippen MR) is 95.2 cm³/mol. The number of thiophene rings is 1. The highest BCUT2D eigenvalue weighted by Gasteiger charge is 2.39. The Kier molecular flexibility index (Phi) is 5.24. The largest absolute Gasteiger partial charge is 0.394 e. The van der Waals surface area contributed by atoms with Crippen LogP contribution in [-0.2, 0) is 17.6 Å². The zero-order chi connectivity index (χ0) is 17.2. The fourth-order valence-corrected chi connectivity index (χ4v) is 5.30. The Morgan fingerprint density at radius 3 is 2.92 bits per heavy atom. The number of carbonyl (C=O) groups excluding carboxylic acids is 1. The molecule has 1 atom stereocenters. The van der Waals surface area contributed by atoms with E-state index < -0.39 is 0 Å². The molecule has 0 saturated carbocycles. The SMILES string of the molecule is CCC1(CO)CCCN1CC(=O)Nc1sc2c(c1C#N)CCCC2. The number of anilines is 1. The molecule has 0 aromatic carbocycles. The zero-order valence-corrected chi connectivity index (χ0v) is 15.0. The number of hydrogen-bond donors (Lipinski definition) is 2. The summed E-state index contributed by atoms with van der Waals surface area (Å²) < 4.78 is 0. The smallest absolute Gasteiger partial charge is 0.239 e. The number of aliphatic hydroxyl groups is 1. The molecule has 1 aliphatic heterocycles. The number of likely N-dealkylation sites (tertiary alicyclic amines) is 1. The fraction of sp³-hybridized carbons (Fsp3) is 0.667. The van der Waals surface area contributed by atoms with E-state index in [1.54, 1.807) is 11.3 Å². The highest BCUT2D eigenvalue weighted by atomic mass is 32.1. The summed E-state index contributed by atoms with van der Waals surface area (Å²) in [6, 6.07) is 2.28. The van der Waals surface area contributed by atoms with Gasteiger partial charge in [0.25, 0.3) is 0 Å². The molecule has 1 amide bonds. The van der Waals surface area contributed by atoms with Crippen molar-refractivity contribution in [1.29, 1.82) is 5.26 Å². The summed E-state index contributed by atoms with van der Waals surface area (Å²) in [5.41, 5.74) is 1.54. The Morgan fingerprint density at radius 2 is 2.21 bits per heavy atom. The van der Waals surface area contributed by atoms with Gasteiger partial charge in [-0.2, -0.15) is 5.26 Å². The fourth-order valence-electron chi connectivity index (χ4n) is 4.04. The van der Waals surface area contributed by atoms with Gasteiger partial charge in [-0.25, -0.2) is 0 Å². The summed E-state index contributed by atoms with van der Waals surface area (Å²) in [6.07, 6.45) is 7.03. The molecule has 24 heavy (non-hydrogen) atoms. The predicted octanol–water partition coefficient (Wildman–Crippen LogP) is 2.67. The van der Waals surface area contributed by atoms with E-state index >= 15 is 0 Å². The standard InChI is InChI=1S/C18H25N3O2S/c1-2-18(12-22)8-5-9-21(18)11-16(23)20-17-14(10-19)13-6-3-4-7-15(13)24-17/h22H,2-9,11-12H2,1H3,(H,20,23). The Hall–Kier alpha value is -1.42. The number of amides is 1. The zero-order valence-electron chi connectivity index (χ0n) is 14.2. The molecule has 1 saturated heterocycles. The summed E-state index contributed by atoms with van der Waals surface area (Å²) in [5, 5.41) is 22.9. The third kappa shape index (κ3) is 3.08. The number of nitriles is 1. The number of nitrogens with zero attached hydrogens (tertiary/aromatic N) is 2. The molecule has 2 N–H and O–H groups in total. The van der Waals surface area contributed by atoms with E-state index in [0.717, 1.165) is 57.1 Å². The minimum atomic E-state index is -0.260. The normalized spacial score (nSPS) is 23.7. The summed E-state index contributed by atoms with van der Waals surface area (Å²) >= 11 is 1.56. The van der Waals surface area contributed by atoms with Gasteiger partial charge in [-0.1, -0.05) is 6.92 Å². The van der Waals surface area contributed by atoms with Crippen LogP contribution >= 0.6 is 11.3 Å². The molecule has 0 bridgehead atoms. The summed E-state index contributed by atoms with van der Waals surface area (Å²) in [4.78, 5) is 15.9. The number of aliphatic hydroxyl groups excluding tert-OH is 1. The van der Waals surface area contributed by atoms with Crippen molar-refractivity contribution in [2.24, 2.45) is 0 Å². The van der Waals surface area contributed by atoms with Crippen LogP contribution < -0.4 is 5.32 Å². The lowest BCUT2D eigenvalue weighted by Crippen LogP contribution is -2.49. The molecule has 0 spiro atoms. The molecule has 5 nitrogen and oxygen atoms in total. The van der Waals surface area contributed by atoms with E-state index in [1.165, 1.54) is 4.88 Å². The van der Waals surface area contributed by atoms with Gasteiger partial charge in [-0.05, 0) is 57.1 Å². The van der Waals surface area contributed by atoms with Crippen LogP contribution in [0, 0.1) is 11.3 Å². The van der Waals surface area contributed by atoms with Gasteiger partial charge >= 0.3 is 0 Å². The minimum absolute atomic E-state index is 0.0849. The van der Waals surface area contributed by atoms with E-state index in [-0.39, 0.29) is 24.6 Å². The van der Waals surface area contributed by atoms with Crippen LogP contribution in [0.5, 0.6) is 0 Å². The Labute approximate surface area is 147 Å². The van der Waals surface area contributed by atoms with Crippen LogP contribution in [0.15, 0.2) is 0 Å². The van der Waals surface area contributed by atoms with Crippen LogP contribution in [0.25, 0.3) is 0 Å². The van der Waals surface area contributed by atoms with Crippen LogP contribution in [-0.4, -0.2) is 41.1 Å². The van der Waals surface area contributed by atoms with Crippen LogP contribution in [0.1, 0.15) is 55.0 Å². The van der Waals surface area contributed by atoms with E-state index in [1.807, 2.05) is 0 Å². The van der Waals surface area contributed by atoms with E-state index in [0.29, 0.717) is 10.6 Å². The van der Waals surface area contributed by atoms with Crippen LogP contribution in [0.3, 0.4) is 0 Å². The third-order valence-corrected chi connectivity index (χ3v) is 6.77. The van der Waals surface area contributed by atoms with Gasteiger partial charge in [0.05, 0.1) is 18.7 Å². The number of hydrogen-bond acceptors (Lipinski definition) is 5. The second-order valence-corrected chi connectivity index (χ2v) is 7.94. The van der Waals surface area contributed by atoms with Gasteiger partial charge in [-0.3, -0.25) is 9.69 Å². The van der Waals surface area contributed by atoms with Crippen molar-refractivity contribution in [2.45, 2.75) is 57.4 Å². The van der Waals surface area contributed by atoms with Gasteiger partial charge in [0, 0.05) is 10.4 Å². The molecule has 1 fully saturated rings. The van der Waals surface area contributed by atoms with E-state index in [4.69, 9.17) is 0 Å². The molecule has 0 radical (unpaired) electrons. The van der Waals surface area contributed by atoms with Gasteiger partial charge < -0.3 is 10.4 Å². The van der Waals surface area contributed by atoms with Crippen molar-refractivity contribution in [3.8, 4) is 6.07 Å². The van der Waals surface area contributed by atoms with Crippen molar-refractivity contribution < 1.29 is 9.90 Å². The highest BCUT2D eigenvalue weighted by Crippen LogP contribution is 2.38. The van der Waals surface area contributed by atoms with E-state index in [2.05, 4.69) is 23.2 Å². The maximum absolute atomic E-state index is 12.5. The van der Waals surface area contributed by atoms with Crippen LogP contribution in [0.2, 0.25) is 0 Å². The Bertz CT molecular complexity index is 658. The monoisotopic (exact) mass is 347 g/mol. The Balaban J connectivity index is 1.72. The maximum atomic E-state index is 12.5. The molecule has 1 aromatic rings. The molecule has 1 unspecified atom stereocenters. The number of rotatable bonds is 5. The first-order valence-electron chi connectivity index (χ1n) is 8.84. The molecule has 130 valence electrons. The molecule has 2 aliphatic rings. The summed E-state index contributed by atoms with van der Waals surface area (Å²) in [6.45, 7) is 3.27. The van der Waals surface area contributed by atoms with Crippen molar-refractivity contribution in [2.75, 3.05) is 25.0 Å². The lowest BCUT2D eigenvalue weighted by molar-refractivity contribution is -0.118. The number of fused-ring (bicyclic) bond motifs is 1. The van der Waals surface area contributed by atoms with Crippen molar-refractivity contribution in [3.63, 3.8) is 0 Å². The molecule has 2 heterocycles. The first-order chi connectivity index (χ1) is 11.6. The third-order valence-electron chi connectivity index (χ3n) is 5.56. The number of carbonyl (C=O) groups is 1. The first-order valence-corrected chi connectivity index (χ1v) is 9.65. The van der Waals surface area contributed by atoms with Gasteiger partial charge in [0.2, 0.25) is 5.91 Å². The second kappa shape index (κ2) is 7.22. The van der Waals surface area contributed by atoms with Gasteiger partial charge in [0.15, 0.2) is 0 Å². The van der Waals surface area contributed by atoms with Crippen LogP contribution in [0.4, 0.5) is 5.00 Å². The lowest BCUT2D eigenvalue weighted by Gasteiger charge is -2.35. The van der Waals surface area contributed by atoms with Crippen molar-refractivity contribution in [1.82, 2.24) is 4.90 Å². The molecular weight excluding hydrogens is 322 g/mol. The molecular formula is C18H25N3O2S.